The third-order valence-electron chi connectivity index (χ3n) is 6.53. The molecule has 0 radical (unpaired) electrons. The predicted molar refractivity (Wildman–Crippen MR) is 186 cm³/mol. The van der Waals surface area contributed by atoms with Gasteiger partial charge in [0.25, 0.3) is 5.56 Å². The normalized spacial score (nSPS) is 11.6. The Balaban J connectivity index is 1.42. The largest absolute Gasteiger partial charge is 0.493 e. The van der Waals surface area contributed by atoms with Gasteiger partial charge >= 0.3 is 0 Å². The lowest BCUT2D eigenvalue weighted by atomic mass is 10.2. The van der Waals surface area contributed by atoms with E-state index in [0.717, 1.165) is 24.4 Å². The Kier molecular flexibility index (Phi) is 8.93. The zero-order valence-corrected chi connectivity index (χ0v) is 30.0. The molecule has 6 rings (SSSR count). The molecule has 0 spiro atoms. The monoisotopic (exact) mass is 891 g/mol. The number of methoxy groups -OCH3 is 1. The van der Waals surface area contributed by atoms with Crippen molar-refractivity contribution in [1.82, 2.24) is 9.66 Å². The molecule has 6 aromatic rings. The van der Waals surface area contributed by atoms with Crippen molar-refractivity contribution in [3.05, 3.63) is 117 Å². The average molecular weight is 896 g/mol. The first-order chi connectivity index (χ1) is 20.7. The number of fused-ring (bicyclic) bond motifs is 2. The maximum absolute atomic E-state index is 13.7. The molecular weight excluding hydrogens is 878 g/mol. The molecule has 0 aliphatic carbocycles. The SMILES string of the molecule is COc1cc(C=Nn2c(-c3cc4cc(Br)ccc4o3)nc3ccccc3c2=O)c(Br)c(Br)c1OCc1ccc(Br)cc1Br. The summed E-state index contributed by atoms with van der Waals surface area (Å²) < 4.78 is 23.3. The van der Waals surface area contributed by atoms with Gasteiger partial charge in [0.15, 0.2) is 17.3 Å². The number of para-hydroxylation sites is 1. The third kappa shape index (κ3) is 6.12. The number of furan rings is 1. The number of halogens is 5. The molecule has 7 nitrogen and oxygen atoms in total. The van der Waals surface area contributed by atoms with Crippen LogP contribution < -0.4 is 15.0 Å². The lowest BCUT2D eigenvalue weighted by molar-refractivity contribution is 0.281. The van der Waals surface area contributed by atoms with Crippen molar-refractivity contribution in [2.45, 2.75) is 6.61 Å². The molecule has 0 aliphatic heterocycles. The van der Waals surface area contributed by atoms with E-state index in [9.17, 15) is 4.79 Å². The summed E-state index contributed by atoms with van der Waals surface area (Å²) >= 11 is 17.8. The third-order valence-corrected chi connectivity index (χ3v) is 10.4. The molecule has 4 aromatic carbocycles. The number of aromatic nitrogens is 2. The first-order valence-electron chi connectivity index (χ1n) is 12.6. The Morgan fingerprint density at radius 2 is 1.70 bits per heavy atom. The lowest BCUT2D eigenvalue weighted by Crippen LogP contribution is -2.20. The molecule has 0 unspecified atom stereocenters. The van der Waals surface area contributed by atoms with Crippen LogP contribution in [0.1, 0.15) is 11.1 Å². The Hall–Kier alpha value is -2.77. The predicted octanol–water partition coefficient (Wildman–Crippen LogP) is 10.1. The van der Waals surface area contributed by atoms with Crippen molar-refractivity contribution >= 4 is 108 Å². The molecule has 12 heteroatoms. The Labute approximate surface area is 287 Å². The molecule has 2 heterocycles. The quantitative estimate of drug-likeness (QED) is 0.149. The van der Waals surface area contributed by atoms with E-state index in [1.54, 1.807) is 37.6 Å². The van der Waals surface area contributed by atoms with Crippen LogP contribution in [0.25, 0.3) is 33.5 Å². The van der Waals surface area contributed by atoms with Crippen LogP contribution >= 0.6 is 79.6 Å². The van der Waals surface area contributed by atoms with Gasteiger partial charge in [0.05, 0.1) is 28.7 Å². The zero-order chi connectivity index (χ0) is 30.2. The summed E-state index contributed by atoms with van der Waals surface area (Å²) in [4.78, 5) is 18.5. The van der Waals surface area contributed by atoms with Gasteiger partial charge in [-0.2, -0.15) is 9.78 Å². The van der Waals surface area contributed by atoms with Gasteiger partial charge in [-0.3, -0.25) is 4.79 Å². The van der Waals surface area contributed by atoms with Gasteiger partial charge in [0, 0.05) is 34.4 Å². The van der Waals surface area contributed by atoms with E-state index in [2.05, 4.69) is 84.8 Å². The Morgan fingerprint density at radius 3 is 2.49 bits per heavy atom. The zero-order valence-electron chi connectivity index (χ0n) is 22.1. The lowest BCUT2D eigenvalue weighted by Gasteiger charge is -2.16. The first-order valence-corrected chi connectivity index (χ1v) is 16.6. The molecule has 0 amide bonds. The molecular formula is C31H18Br5N3O4. The molecule has 0 N–H and O–H groups in total. The van der Waals surface area contributed by atoms with Crippen molar-refractivity contribution in [3.63, 3.8) is 0 Å². The second-order valence-electron chi connectivity index (χ2n) is 9.26. The number of benzene rings is 4. The van der Waals surface area contributed by atoms with Crippen LogP contribution in [0, 0.1) is 0 Å². The van der Waals surface area contributed by atoms with Gasteiger partial charge in [-0.25, -0.2) is 4.98 Å². The van der Waals surface area contributed by atoms with Crippen LogP contribution in [0.15, 0.2) is 109 Å². The molecule has 0 bridgehead atoms. The fourth-order valence-electron chi connectivity index (χ4n) is 4.41. The van der Waals surface area contributed by atoms with E-state index in [4.69, 9.17) is 18.9 Å². The molecule has 0 aliphatic rings. The highest BCUT2D eigenvalue weighted by Gasteiger charge is 2.19. The summed E-state index contributed by atoms with van der Waals surface area (Å²) in [6.45, 7) is 0.304. The second-order valence-corrected chi connectivity index (χ2v) is 13.5. The maximum atomic E-state index is 13.7. The van der Waals surface area contributed by atoms with Crippen molar-refractivity contribution < 1.29 is 13.9 Å². The van der Waals surface area contributed by atoms with Gasteiger partial charge in [-0.15, -0.1) is 0 Å². The fourth-order valence-corrected chi connectivity index (χ4v) is 6.88. The summed E-state index contributed by atoms with van der Waals surface area (Å²) in [6.07, 6.45) is 1.56. The highest BCUT2D eigenvalue weighted by molar-refractivity contribution is 9.13. The smallest absolute Gasteiger partial charge is 0.282 e. The number of rotatable bonds is 7. The Morgan fingerprint density at radius 1 is 0.930 bits per heavy atom. The summed E-state index contributed by atoms with van der Waals surface area (Å²) in [7, 11) is 1.56. The van der Waals surface area contributed by atoms with Gasteiger partial charge in [0.1, 0.15) is 12.2 Å². The van der Waals surface area contributed by atoms with Gasteiger partial charge in [-0.05, 0) is 86.5 Å². The highest BCUT2D eigenvalue weighted by Crippen LogP contribution is 2.43. The number of hydrogen-bond donors (Lipinski definition) is 0. The number of hydrogen-bond acceptors (Lipinski definition) is 6. The van der Waals surface area contributed by atoms with Crippen molar-refractivity contribution in [2.75, 3.05) is 7.11 Å². The highest BCUT2D eigenvalue weighted by atomic mass is 79.9. The average Bonchev–Trinajstić information content (AvgIpc) is 3.42. The minimum absolute atomic E-state index is 0.273. The summed E-state index contributed by atoms with van der Waals surface area (Å²) in [6, 6.07) is 22.3. The standard InChI is InChI=1S/C31H18Br5N3O4/c1-41-25-12-18(27(35)28(36)29(25)42-15-16-6-7-20(33)13-22(16)34)14-37-39-30(38-23-5-3-2-4-21(23)31(39)40)26-11-17-10-19(32)8-9-24(17)43-26/h2-14H,15H2,1H3. The summed E-state index contributed by atoms with van der Waals surface area (Å²) in [5, 5.41) is 5.90. The van der Waals surface area contributed by atoms with Crippen molar-refractivity contribution in [1.29, 1.82) is 0 Å². The maximum Gasteiger partial charge on any atom is 0.282 e. The molecule has 216 valence electrons. The topological polar surface area (TPSA) is 78.9 Å². The molecule has 0 saturated heterocycles. The van der Waals surface area contributed by atoms with Gasteiger partial charge in [-0.1, -0.05) is 66.0 Å². The molecule has 43 heavy (non-hydrogen) atoms. The van der Waals surface area contributed by atoms with Gasteiger partial charge in [0.2, 0.25) is 5.82 Å². The van der Waals surface area contributed by atoms with Crippen LogP contribution in [-0.2, 0) is 6.61 Å². The van der Waals surface area contributed by atoms with Gasteiger partial charge < -0.3 is 13.9 Å². The number of nitrogens with zero attached hydrogens (tertiary/aromatic N) is 3. The summed E-state index contributed by atoms with van der Waals surface area (Å²) in [5.41, 5.74) is 2.48. The second kappa shape index (κ2) is 12.7. The minimum atomic E-state index is -0.333. The van der Waals surface area contributed by atoms with E-state index in [1.807, 2.05) is 48.5 Å². The van der Waals surface area contributed by atoms with E-state index in [-0.39, 0.29) is 11.4 Å². The van der Waals surface area contributed by atoms with Crippen molar-refractivity contribution in [3.8, 4) is 23.1 Å². The van der Waals surface area contributed by atoms with Crippen LogP contribution in [0.3, 0.4) is 0 Å². The molecule has 0 fully saturated rings. The first kappa shape index (κ1) is 30.3. The van der Waals surface area contributed by atoms with E-state index in [0.29, 0.717) is 54.9 Å². The van der Waals surface area contributed by atoms with Crippen LogP contribution in [0.4, 0.5) is 0 Å². The van der Waals surface area contributed by atoms with Crippen molar-refractivity contribution in [2.24, 2.45) is 5.10 Å². The van der Waals surface area contributed by atoms with Crippen LogP contribution in [0.5, 0.6) is 11.5 Å². The number of ether oxygens (including phenoxy) is 2. The minimum Gasteiger partial charge on any atom is -0.493 e. The van der Waals surface area contributed by atoms with E-state index in [1.165, 1.54) is 4.68 Å². The molecule has 0 saturated carbocycles. The molecule has 2 aromatic heterocycles. The fraction of sp³-hybridized carbons (Fsp3) is 0.0645. The molecule has 0 atom stereocenters. The summed E-state index contributed by atoms with van der Waals surface area (Å²) in [5.74, 6) is 1.68. The Bertz CT molecular complexity index is 2120. The van der Waals surface area contributed by atoms with E-state index >= 15 is 0 Å². The van der Waals surface area contributed by atoms with Crippen LogP contribution in [0.2, 0.25) is 0 Å². The van der Waals surface area contributed by atoms with Crippen LogP contribution in [-0.4, -0.2) is 23.0 Å². The van der Waals surface area contributed by atoms with E-state index < -0.39 is 0 Å².